The third kappa shape index (κ3) is 8.57. The number of hydrogen-bond acceptors (Lipinski definition) is 7. The molecular weight excluding hydrogens is 606 g/mol. The predicted octanol–water partition coefficient (Wildman–Crippen LogP) is 5.28. The summed E-state index contributed by atoms with van der Waals surface area (Å²) in [5.41, 5.74) is 0.969. The molecule has 0 radical (unpaired) electrons. The van der Waals surface area contributed by atoms with Gasteiger partial charge in [0, 0.05) is 23.7 Å². The van der Waals surface area contributed by atoms with Crippen LogP contribution in [0.3, 0.4) is 0 Å². The molecule has 238 valence electrons. The first-order valence-corrected chi connectivity index (χ1v) is 16.1. The van der Waals surface area contributed by atoms with Crippen molar-refractivity contribution in [2.24, 2.45) is 0 Å². The Hall–Kier alpha value is -3.96. The molecule has 2 amide bonds. The zero-order valence-electron chi connectivity index (χ0n) is 25.9. The van der Waals surface area contributed by atoms with Crippen molar-refractivity contribution in [1.29, 1.82) is 0 Å². The number of halogens is 1. The lowest BCUT2D eigenvalue weighted by Gasteiger charge is -2.33. The van der Waals surface area contributed by atoms with Gasteiger partial charge in [0.1, 0.15) is 18.3 Å². The highest BCUT2D eigenvalue weighted by Gasteiger charge is 2.34. The van der Waals surface area contributed by atoms with Crippen LogP contribution in [0.25, 0.3) is 0 Å². The Morgan fingerprint density at radius 2 is 1.55 bits per heavy atom. The largest absolute Gasteiger partial charge is 0.494 e. The first kappa shape index (κ1) is 34.5. The molecule has 0 aliphatic rings. The number of carbonyl (C=O) groups excluding carboxylic acids is 2. The van der Waals surface area contributed by atoms with E-state index in [1.807, 2.05) is 20.8 Å². The third-order valence-electron chi connectivity index (χ3n) is 6.74. The number of methoxy groups -OCH3 is 2. The topological polar surface area (TPSA) is 114 Å². The van der Waals surface area contributed by atoms with Gasteiger partial charge in [-0.25, -0.2) is 8.42 Å². The molecule has 1 unspecified atom stereocenters. The number of sulfonamides is 1. The SMILES string of the molecule is CCOc1ccc(N(CC(=O)N(Cc2ccc(Cl)cc2)C(CC)C(=O)NC(C)C)S(=O)(=O)c2ccc(OC)c(OC)c2)cc1. The number of nitrogens with one attached hydrogen (secondary N) is 1. The van der Waals surface area contributed by atoms with Gasteiger partial charge in [-0.3, -0.25) is 13.9 Å². The molecule has 10 nitrogen and oxygen atoms in total. The second-order valence-electron chi connectivity index (χ2n) is 10.2. The van der Waals surface area contributed by atoms with Crippen molar-refractivity contribution in [1.82, 2.24) is 10.2 Å². The standard InChI is InChI=1S/C32H40ClN3O7S/c1-7-28(32(38)34-22(3)4)35(20-23-9-11-24(33)12-10-23)31(37)21-36(25-13-15-26(16-14-25)43-8-2)44(39,40)27-17-18-29(41-5)30(19-27)42-6/h9-19,22,28H,7-8,20-21H2,1-6H3,(H,34,38). The van der Waals surface area contributed by atoms with Crippen LogP contribution in [0.1, 0.15) is 39.7 Å². The maximum atomic E-state index is 14.2. The summed E-state index contributed by atoms with van der Waals surface area (Å²) < 4.78 is 45.6. The highest BCUT2D eigenvalue weighted by Crippen LogP contribution is 2.33. The van der Waals surface area contributed by atoms with Crippen molar-refractivity contribution < 1.29 is 32.2 Å². The van der Waals surface area contributed by atoms with Crippen LogP contribution in [-0.4, -0.2) is 64.6 Å². The number of anilines is 1. The van der Waals surface area contributed by atoms with Gasteiger partial charge in [0.05, 0.1) is 31.4 Å². The van der Waals surface area contributed by atoms with E-state index in [-0.39, 0.29) is 34.8 Å². The lowest BCUT2D eigenvalue weighted by atomic mass is 10.1. The number of benzene rings is 3. The van der Waals surface area contributed by atoms with Gasteiger partial charge in [0.2, 0.25) is 11.8 Å². The van der Waals surface area contributed by atoms with E-state index >= 15 is 0 Å². The molecule has 3 rings (SSSR count). The quantitative estimate of drug-likeness (QED) is 0.239. The molecule has 1 N–H and O–H groups in total. The lowest BCUT2D eigenvalue weighted by molar-refractivity contribution is -0.140. The second-order valence-corrected chi connectivity index (χ2v) is 12.5. The van der Waals surface area contributed by atoms with E-state index in [4.69, 9.17) is 25.8 Å². The fraction of sp³-hybridized carbons (Fsp3) is 0.375. The summed E-state index contributed by atoms with van der Waals surface area (Å²) in [5.74, 6) is 0.217. The van der Waals surface area contributed by atoms with E-state index in [1.54, 1.807) is 55.5 Å². The Bertz CT molecular complexity index is 1510. The molecule has 12 heteroatoms. The number of rotatable bonds is 15. The Kier molecular flexibility index (Phi) is 12.3. The fourth-order valence-corrected chi connectivity index (χ4v) is 6.15. The molecule has 0 aromatic heterocycles. The maximum absolute atomic E-state index is 14.2. The van der Waals surface area contributed by atoms with E-state index in [0.29, 0.717) is 29.5 Å². The summed E-state index contributed by atoms with van der Waals surface area (Å²) in [4.78, 5) is 28.8. The highest BCUT2D eigenvalue weighted by molar-refractivity contribution is 7.92. The van der Waals surface area contributed by atoms with Gasteiger partial charge in [-0.05, 0) is 81.3 Å². The monoisotopic (exact) mass is 645 g/mol. The molecule has 0 heterocycles. The predicted molar refractivity (Wildman–Crippen MR) is 171 cm³/mol. The molecule has 0 saturated heterocycles. The van der Waals surface area contributed by atoms with Crippen molar-refractivity contribution in [2.75, 3.05) is 31.7 Å². The van der Waals surface area contributed by atoms with Gasteiger partial charge >= 0.3 is 0 Å². The molecule has 0 spiro atoms. The van der Waals surface area contributed by atoms with Crippen LogP contribution in [0.5, 0.6) is 17.2 Å². The van der Waals surface area contributed by atoms with Gasteiger partial charge in [-0.1, -0.05) is 30.7 Å². The number of ether oxygens (including phenoxy) is 3. The third-order valence-corrected chi connectivity index (χ3v) is 8.76. The summed E-state index contributed by atoms with van der Waals surface area (Å²) in [7, 11) is -1.47. The molecule has 44 heavy (non-hydrogen) atoms. The summed E-state index contributed by atoms with van der Waals surface area (Å²) in [6, 6.07) is 16.5. The Balaban J connectivity index is 2.11. The van der Waals surface area contributed by atoms with Crippen molar-refractivity contribution in [3.05, 3.63) is 77.3 Å². The molecule has 3 aromatic rings. The minimum Gasteiger partial charge on any atom is -0.494 e. The summed E-state index contributed by atoms with van der Waals surface area (Å²) in [6.45, 7) is 7.23. The van der Waals surface area contributed by atoms with Crippen molar-refractivity contribution in [3.8, 4) is 17.2 Å². The summed E-state index contributed by atoms with van der Waals surface area (Å²) in [6.07, 6.45) is 0.309. The van der Waals surface area contributed by atoms with Gasteiger partial charge in [-0.15, -0.1) is 0 Å². The number of nitrogens with zero attached hydrogens (tertiary/aromatic N) is 2. The molecule has 0 aliphatic carbocycles. The van der Waals surface area contributed by atoms with E-state index in [1.165, 1.54) is 37.3 Å². The zero-order chi connectivity index (χ0) is 32.4. The van der Waals surface area contributed by atoms with Crippen LogP contribution in [-0.2, 0) is 26.2 Å². The lowest BCUT2D eigenvalue weighted by Crippen LogP contribution is -2.53. The molecule has 0 fully saturated rings. The van der Waals surface area contributed by atoms with E-state index < -0.39 is 28.5 Å². The Morgan fingerprint density at radius 1 is 0.909 bits per heavy atom. The molecule has 0 bridgehead atoms. The van der Waals surface area contributed by atoms with Crippen LogP contribution < -0.4 is 23.8 Å². The average molecular weight is 646 g/mol. The second kappa shape index (κ2) is 15.7. The molecule has 3 aromatic carbocycles. The van der Waals surface area contributed by atoms with Crippen molar-refractivity contribution >= 4 is 39.1 Å². The van der Waals surface area contributed by atoms with Crippen LogP contribution in [0.15, 0.2) is 71.6 Å². The van der Waals surface area contributed by atoms with Crippen LogP contribution >= 0.6 is 11.6 Å². The maximum Gasteiger partial charge on any atom is 0.264 e. The van der Waals surface area contributed by atoms with E-state index in [0.717, 1.165) is 9.87 Å². The Labute approximate surface area is 264 Å². The van der Waals surface area contributed by atoms with Gasteiger partial charge in [0.25, 0.3) is 10.0 Å². The van der Waals surface area contributed by atoms with Crippen LogP contribution in [0.2, 0.25) is 5.02 Å². The molecule has 1 atom stereocenters. The zero-order valence-corrected chi connectivity index (χ0v) is 27.4. The Morgan fingerprint density at radius 3 is 2.09 bits per heavy atom. The average Bonchev–Trinajstić information content (AvgIpc) is 3.00. The van der Waals surface area contributed by atoms with Gasteiger partial charge < -0.3 is 24.4 Å². The summed E-state index contributed by atoms with van der Waals surface area (Å²) >= 11 is 6.08. The number of amides is 2. The minimum absolute atomic E-state index is 0.0630. The van der Waals surface area contributed by atoms with Gasteiger partial charge in [-0.2, -0.15) is 0 Å². The smallest absolute Gasteiger partial charge is 0.264 e. The highest BCUT2D eigenvalue weighted by atomic mass is 35.5. The minimum atomic E-state index is -4.32. The first-order valence-electron chi connectivity index (χ1n) is 14.3. The first-order chi connectivity index (χ1) is 20.9. The van der Waals surface area contributed by atoms with Crippen molar-refractivity contribution in [2.45, 2.75) is 57.6 Å². The van der Waals surface area contributed by atoms with E-state index in [9.17, 15) is 18.0 Å². The van der Waals surface area contributed by atoms with Crippen LogP contribution in [0, 0.1) is 0 Å². The van der Waals surface area contributed by atoms with Crippen LogP contribution in [0.4, 0.5) is 5.69 Å². The molecule has 0 aliphatic heterocycles. The van der Waals surface area contributed by atoms with E-state index in [2.05, 4.69) is 5.32 Å². The summed E-state index contributed by atoms with van der Waals surface area (Å²) in [5, 5.41) is 3.41. The number of carbonyl (C=O) groups is 2. The fourth-order valence-electron chi connectivity index (χ4n) is 4.59. The normalized spacial score (nSPS) is 11.9. The molecular formula is C32H40ClN3O7S. The number of hydrogen-bond donors (Lipinski definition) is 1. The van der Waals surface area contributed by atoms with Crippen molar-refractivity contribution in [3.63, 3.8) is 0 Å². The molecule has 0 saturated carbocycles. The van der Waals surface area contributed by atoms with Gasteiger partial charge in [0.15, 0.2) is 11.5 Å².